The van der Waals surface area contributed by atoms with E-state index in [9.17, 15) is 23.2 Å². The number of benzene rings is 1. The van der Waals surface area contributed by atoms with Crippen molar-refractivity contribution in [1.29, 1.82) is 0 Å². The standard InChI is InChI=1S/C19H20F3N3O2/c1-2-5-16-15-6-3-4-7-17(15)24(12-14-8-10-23(27)11-9-14)18(26)25(16)13-19(20,21)22/h3-4,6-11,16H,2,5,12-13H2,1H3. The van der Waals surface area contributed by atoms with E-state index in [0.717, 1.165) is 4.90 Å². The molecular weight excluding hydrogens is 359 g/mol. The second-order valence-electron chi connectivity index (χ2n) is 6.54. The number of para-hydroxylation sites is 1. The molecule has 27 heavy (non-hydrogen) atoms. The van der Waals surface area contributed by atoms with Gasteiger partial charge in [-0.1, -0.05) is 31.5 Å². The Morgan fingerprint density at radius 3 is 2.44 bits per heavy atom. The highest BCUT2D eigenvalue weighted by atomic mass is 19.4. The van der Waals surface area contributed by atoms with Crippen LogP contribution < -0.4 is 9.63 Å². The number of carbonyl (C=O) groups is 1. The van der Waals surface area contributed by atoms with Crippen molar-refractivity contribution in [1.82, 2.24) is 4.90 Å². The summed E-state index contributed by atoms with van der Waals surface area (Å²) in [5, 5.41) is 11.2. The molecule has 0 bridgehead atoms. The first kappa shape index (κ1) is 19.0. The molecule has 1 atom stereocenters. The zero-order valence-corrected chi connectivity index (χ0v) is 14.8. The van der Waals surface area contributed by atoms with Crippen LogP contribution in [0.1, 0.15) is 36.9 Å². The number of amides is 2. The Labute approximate surface area is 155 Å². The van der Waals surface area contributed by atoms with E-state index < -0.39 is 24.8 Å². The van der Waals surface area contributed by atoms with Gasteiger partial charge in [0.15, 0.2) is 12.4 Å². The monoisotopic (exact) mass is 379 g/mol. The smallest absolute Gasteiger partial charge is 0.406 e. The van der Waals surface area contributed by atoms with Gasteiger partial charge in [0.25, 0.3) is 0 Å². The minimum absolute atomic E-state index is 0.0872. The Balaban J connectivity index is 2.02. The molecule has 0 N–H and O–H groups in total. The lowest BCUT2D eigenvalue weighted by Gasteiger charge is -2.43. The van der Waals surface area contributed by atoms with Crippen molar-refractivity contribution in [3.8, 4) is 0 Å². The Hall–Kier alpha value is -2.77. The summed E-state index contributed by atoms with van der Waals surface area (Å²) in [6.45, 7) is 0.675. The van der Waals surface area contributed by atoms with Gasteiger partial charge >= 0.3 is 12.2 Å². The van der Waals surface area contributed by atoms with E-state index in [0.29, 0.717) is 34.4 Å². The van der Waals surface area contributed by atoms with E-state index >= 15 is 0 Å². The molecule has 1 aliphatic heterocycles. The highest BCUT2D eigenvalue weighted by Gasteiger charge is 2.42. The second kappa shape index (κ2) is 7.46. The summed E-state index contributed by atoms with van der Waals surface area (Å²) in [5.41, 5.74) is 1.97. The normalized spacial score (nSPS) is 17.2. The fourth-order valence-electron chi connectivity index (χ4n) is 3.41. The Morgan fingerprint density at radius 1 is 1.15 bits per heavy atom. The van der Waals surface area contributed by atoms with Crippen LogP contribution in [0.5, 0.6) is 0 Å². The fraction of sp³-hybridized carbons (Fsp3) is 0.368. The Kier molecular flexibility index (Phi) is 5.25. The molecule has 144 valence electrons. The molecule has 2 aromatic rings. The molecule has 2 heterocycles. The van der Waals surface area contributed by atoms with Gasteiger partial charge in [0, 0.05) is 12.1 Å². The molecule has 5 nitrogen and oxygen atoms in total. The predicted octanol–water partition coefficient (Wildman–Crippen LogP) is 4.17. The number of halogens is 3. The number of urea groups is 1. The van der Waals surface area contributed by atoms with Crippen LogP contribution in [0, 0.1) is 5.21 Å². The van der Waals surface area contributed by atoms with E-state index in [1.807, 2.05) is 6.92 Å². The second-order valence-corrected chi connectivity index (χ2v) is 6.54. The summed E-state index contributed by atoms with van der Waals surface area (Å²) in [5.74, 6) is 0. The lowest BCUT2D eigenvalue weighted by atomic mass is 9.95. The molecule has 0 radical (unpaired) electrons. The van der Waals surface area contributed by atoms with Crippen LogP contribution in [0.4, 0.5) is 23.7 Å². The topological polar surface area (TPSA) is 50.5 Å². The van der Waals surface area contributed by atoms with Gasteiger partial charge in [-0.3, -0.25) is 4.90 Å². The molecule has 8 heteroatoms. The lowest BCUT2D eigenvalue weighted by Crippen LogP contribution is -2.52. The SMILES string of the molecule is CCCC1c2ccccc2N(Cc2cc[n+]([O-])cc2)C(=O)N1CC(F)(F)F. The van der Waals surface area contributed by atoms with Gasteiger partial charge in [0.05, 0.1) is 18.3 Å². The van der Waals surface area contributed by atoms with Crippen LogP contribution >= 0.6 is 0 Å². The molecule has 0 aliphatic carbocycles. The zero-order chi connectivity index (χ0) is 19.6. The molecule has 3 rings (SSSR count). The van der Waals surface area contributed by atoms with Gasteiger partial charge in [-0.2, -0.15) is 17.9 Å². The number of carbonyl (C=O) groups excluding carboxylic acids is 1. The first-order valence-corrected chi connectivity index (χ1v) is 8.71. The van der Waals surface area contributed by atoms with Crippen LogP contribution in [0.15, 0.2) is 48.8 Å². The van der Waals surface area contributed by atoms with Crippen molar-refractivity contribution in [2.24, 2.45) is 0 Å². The zero-order valence-electron chi connectivity index (χ0n) is 14.8. The fourth-order valence-corrected chi connectivity index (χ4v) is 3.41. The van der Waals surface area contributed by atoms with E-state index in [2.05, 4.69) is 0 Å². The van der Waals surface area contributed by atoms with E-state index in [-0.39, 0.29) is 6.54 Å². The number of fused-ring (bicyclic) bond motifs is 1. The number of rotatable bonds is 5. The van der Waals surface area contributed by atoms with Crippen molar-refractivity contribution >= 4 is 11.7 Å². The van der Waals surface area contributed by atoms with Crippen LogP contribution in [-0.2, 0) is 6.54 Å². The van der Waals surface area contributed by atoms with Crippen molar-refractivity contribution < 1.29 is 22.7 Å². The summed E-state index contributed by atoms with van der Waals surface area (Å²) < 4.78 is 40.1. The summed E-state index contributed by atoms with van der Waals surface area (Å²) >= 11 is 0. The summed E-state index contributed by atoms with van der Waals surface area (Å²) in [6, 6.07) is 8.86. The van der Waals surface area contributed by atoms with Crippen LogP contribution in [-0.4, -0.2) is 23.7 Å². The highest BCUT2D eigenvalue weighted by Crippen LogP contribution is 2.41. The first-order valence-electron chi connectivity index (χ1n) is 8.71. The maximum atomic E-state index is 13.2. The van der Waals surface area contributed by atoms with Crippen molar-refractivity contribution in [3.63, 3.8) is 0 Å². The van der Waals surface area contributed by atoms with Gasteiger partial charge in [0.1, 0.15) is 6.54 Å². The number of hydrogen-bond acceptors (Lipinski definition) is 2. The molecule has 1 aromatic heterocycles. The minimum Gasteiger partial charge on any atom is -0.619 e. The number of pyridine rings is 1. The molecule has 1 aromatic carbocycles. The third-order valence-corrected chi connectivity index (χ3v) is 4.56. The molecule has 2 amide bonds. The maximum Gasteiger partial charge on any atom is 0.406 e. The minimum atomic E-state index is -4.49. The lowest BCUT2D eigenvalue weighted by molar-refractivity contribution is -0.605. The molecule has 1 aliphatic rings. The number of nitrogens with zero attached hydrogens (tertiary/aromatic N) is 3. The van der Waals surface area contributed by atoms with Crippen LogP contribution in [0.3, 0.4) is 0 Å². The summed E-state index contributed by atoms with van der Waals surface area (Å²) in [6.07, 6.45) is -0.788. The van der Waals surface area contributed by atoms with Crippen LogP contribution in [0.25, 0.3) is 0 Å². The summed E-state index contributed by atoms with van der Waals surface area (Å²) in [7, 11) is 0. The highest BCUT2D eigenvalue weighted by molar-refractivity contribution is 5.95. The first-order chi connectivity index (χ1) is 12.8. The van der Waals surface area contributed by atoms with Gasteiger partial charge in [-0.05, 0) is 23.6 Å². The Bertz CT molecular complexity index is 809. The number of hydrogen-bond donors (Lipinski definition) is 0. The van der Waals surface area contributed by atoms with Crippen LogP contribution in [0.2, 0.25) is 0 Å². The Morgan fingerprint density at radius 2 is 1.81 bits per heavy atom. The molecular formula is C19H20F3N3O2. The number of aromatic nitrogens is 1. The molecule has 1 unspecified atom stereocenters. The van der Waals surface area contributed by atoms with E-state index in [4.69, 9.17) is 0 Å². The third-order valence-electron chi connectivity index (χ3n) is 4.56. The third kappa shape index (κ3) is 4.15. The largest absolute Gasteiger partial charge is 0.619 e. The molecule has 0 saturated carbocycles. The molecule has 0 fully saturated rings. The number of anilines is 1. The average Bonchev–Trinajstić information content (AvgIpc) is 2.62. The van der Waals surface area contributed by atoms with Crippen molar-refractivity contribution in [3.05, 3.63) is 65.1 Å². The van der Waals surface area contributed by atoms with Gasteiger partial charge in [0.2, 0.25) is 0 Å². The maximum absolute atomic E-state index is 13.2. The van der Waals surface area contributed by atoms with Gasteiger partial charge < -0.3 is 10.1 Å². The van der Waals surface area contributed by atoms with Gasteiger partial charge in [-0.25, -0.2) is 4.79 Å². The van der Waals surface area contributed by atoms with E-state index in [1.165, 1.54) is 17.3 Å². The van der Waals surface area contributed by atoms with Gasteiger partial charge in [-0.15, -0.1) is 0 Å². The number of alkyl halides is 3. The summed E-state index contributed by atoms with van der Waals surface area (Å²) in [4.78, 5) is 15.3. The molecule has 0 saturated heterocycles. The van der Waals surface area contributed by atoms with Crippen molar-refractivity contribution in [2.75, 3.05) is 11.4 Å². The average molecular weight is 379 g/mol. The molecule has 0 spiro atoms. The van der Waals surface area contributed by atoms with Crippen molar-refractivity contribution in [2.45, 2.75) is 38.5 Å². The predicted molar refractivity (Wildman–Crippen MR) is 93.8 cm³/mol. The van der Waals surface area contributed by atoms with E-state index in [1.54, 1.807) is 36.4 Å². The quantitative estimate of drug-likeness (QED) is 0.578.